The summed E-state index contributed by atoms with van der Waals surface area (Å²) in [7, 11) is 0. The van der Waals surface area contributed by atoms with Gasteiger partial charge in [-0.1, -0.05) is 0 Å². The van der Waals surface area contributed by atoms with Crippen LogP contribution in [0.4, 0.5) is 0 Å². The van der Waals surface area contributed by atoms with E-state index in [4.69, 9.17) is 30.9 Å². The zero-order valence-corrected chi connectivity index (χ0v) is 10.5. The van der Waals surface area contributed by atoms with Crippen LogP contribution in [0.15, 0.2) is 0 Å². The second-order valence-corrected chi connectivity index (χ2v) is 4.09. The summed E-state index contributed by atoms with van der Waals surface area (Å²) in [6, 6.07) is -1.04. The number of carboxylic acid groups (broad SMARTS) is 2. The van der Waals surface area contributed by atoms with E-state index in [1.165, 1.54) is 0 Å². The van der Waals surface area contributed by atoms with Crippen LogP contribution in [0.25, 0.3) is 0 Å². The minimum absolute atomic E-state index is 0.296. The average molecular weight is 297 g/mol. The van der Waals surface area contributed by atoms with Crippen molar-refractivity contribution >= 4 is 11.9 Å². The van der Waals surface area contributed by atoms with Crippen LogP contribution in [0.2, 0.25) is 0 Å². The van der Waals surface area contributed by atoms with E-state index in [9.17, 15) is 19.8 Å². The number of carbonyl (C=O) groups is 2. The molecule has 8 N–H and O–H groups in total. The second kappa shape index (κ2) is 8.79. The van der Waals surface area contributed by atoms with Crippen LogP contribution in [-0.4, -0.2) is 79.8 Å². The zero-order chi connectivity index (χ0) is 15.9. The van der Waals surface area contributed by atoms with Crippen molar-refractivity contribution in [1.82, 2.24) is 0 Å². The van der Waals surface area contributed by atoms with E-state index >= 15 is 0 Å². The maximum Gasteiger partial charge on any atom is 0.303 e. The van der Waals surface area contributed by atoms with Crippen LogP contribution < -0.4 is 5.73 Å². The maximum absolute atomic E-state index is 9.64. The van der Waals surface area contributed by atoms with E-state index in [1.807, 2.05) is 0 Å². The van der Waals surface area contributed by atoms with Gasteiger partial charge in [0.05, 0.1) is 25.5 Å². The lowest BCUT2D eigenvalue weighted by Gasteiger charge is -2.38. The Morgan fingerprint density at radius 2 is 1.45 bits per heavy atom. The standard InChI is InChI=1S/C6H13NO5.C4H6O4/c7-3-5(10)4(9)2(1-8)12-6(3)11;5-3(6)1-2-4(7)8/h2-6,8-11H,1,7H2;1-2H2,(H,5,6)(H,7,8)/t2-,3-,4-,5-,6?;/m1./s1. The molecule has 0 radical (unpaired) electrons. The molecule has 0 saturated carbocycles. The quantitative estimate of drug-likeness (QED) is 0.276. The summed E-state index contributed by atoms with van der Waals surface area (Å²) in [5.41, 5.74) is 5.26. The second-order valence-electron chi connectivity index (χ2n) is 4.09. The molecule has 0 aliphatic carbocycles. The fourth-order valence-corrected chi connectivity index (χ4v) is 1.33. The molecule has 1 rings (SSSR count). The summed E-state index contributed by atoms with van der Waals surface area (Å²) in [4.78, 5) is 19.3. The SMILES string of the molecule is N[C@H]1C(O)O[C@H](CO)[C@@H](O)[C@@H]1O.O=C(O)CCC(=O)O. The normalized spacial score (nSPS) is 33.0. The Labute approximate surface area is 114 Å². The minimum atomic E-state index is -1.35. The number of nitrogens with two attached hydrogens (primary N) is 1. The smallest absolute Gasteiger partial charge is 0.303 e. The van der Waals surface area contributed by atoms with Crippen LogP contribution in [0.5, 0.6) is 0 Å². The molecule has 1 heterocycles. The predicted octanol–water partition coefficient (Wildman–Crippen LogP) is -3.32. The fraction of sp³-hybridized carbons (Fsp3) is 0.800. The van der Waals surface area contributed by atoms with Crippen molar-refractivity contribution in [2.24, 2.45) is 5.73 Å². The lowest BCUT2D eigenvalue weighted by atomic mass is 9.98. The minimum Gasteiger partial charge on any atom is -0.481 e. The summed E-state index contributed by atoms with van der Waals surface area (Å²) in [5, 5.41) is 51.9. The molecule has 0 aromatic heterocycles. The lowest BCUT2D eigenvalue weighted by Crippen LogP contribution is -2.61. The first-order valence-corrected chi connectivity index (χ1v) is 5.70. The van der Waals surface area contributed by atoms with E-state index in [1.54, 1.807) is 0 Å². The molecule has 10 heteroatoms. The Bertz CT molecular complexity index is 305. The van der Waals surface area contributed by atoms with Crippen LogP contribution in [-0.2, 0) is 14.3 Å². The highest BCUT2D eigenvalue weighted by atomic mass is 16.6. The van der Waals surface area contributed by atoms with Gasteiger partial charge in [-0.25, -0.2) is 0 Å². The third-order valence-corrected chi connectivity index (χ3v) is 2.50. The number of ether oxygens (including phenoxy) is 1. The molecule has 10 nitrogen and oxygen atoms in total. The number of aliphatic hydroxyl groups is 4. The van der Waals surface area contributed by atoms with E-state index in [0.29, 0.717) is 0 Å². The number of hydrogen-bond acceptors (Lipinski definition) is 8. The molecule has 0 bridgehead atoms. The van der Waals surface area contributed by atoms with Crippen molar-refractivity contribution in [2.45, 2.75) is 43.5 Å². The van der Waals surface area contributed by atoms with E-state index in [0.717, 1.165) is 0 Å². The molecule has 5 atom stereocenters. The predicted molar refractivity (Wildman–Crippen MR) is 62.5 cm³/mol. The Balaban J connectivity index is 0.000000396. The molecule has 0 spiro atoms. The van der Waals surface area contributed by atoms with Crippen molar-refractivity contribution in [2.75, 3.05) is 6.61 Å². The lowest BCUT2D eigenvalue weighted by molar-refractivity contribution is -0.248. The van der Waals surface area contributed by atoms with Gasteiger partial charge in [0.2, 0.25) is 0 Å². The van der Waals surface area contributed by atoms with Gasteiger partial charge in [0.25, 0.3) is 0 Å². The number of aliphatic hydroxyl groups excluding tert-OH is 4. The first kappa shape index (κ1) is 18.7. The van der Waals surface area contributed by atoms with Gasteiger partial charge in [-0.2, -0.15) is 0 Å². The molecule has 1 saturated heterocycles. The van der Waals surface area contributed by atoms with Crippen molar-refractivity contribution in [3.63, 3.8) is 0 Å². The Kier molecular flexibility index (Phi) is 8.22. The Morgan fingerprint density at radius 3 is 1.80 bits per heavy atom. The number of rotatable bonds is 4. The van der Waals surface area contributed by atoms with Gasteiger partial charge < -0.3 is 41.1 Å². The van der Waals surface area contributed by atoms with Crippen LogP contribution in [0.3, 0.4) is 0 Å². The fourth-order valence-electron chi connectivity index (χ4n) is 1.33. The van der Waals surface area contributed by atoms with Gasteiger partial charge in [0.15, 0.2) is 6.29 Å². The van der Waals surface area contributed by atoms with Gasteiger partial charge >= 0.3 is 11.9 Å². The zero-order valence-electron chi connectivity index (χ0n) is 10.5. The molecule has 118 valence electrons. The summed E-state index contributed by atoms with van der Waals surface area (Å²) in [5.74, 6) is -2.15. The van der Waals surface area contributed by atoms with Gasteiger partial charge in [-0.3, -0.25) is 9.59 Å². The molecule has 1 aliphatic heterocycles. The monoisotopic (exact) mass is 297 g/mol. The molecule has 0 aromatic rings. The number of aliphatic carboxylic acids is 2. The summed E-state index contributed by atoms with van der Waals surface area (Å²) < 4.78 is 4.70. The van der Waals surface area contributed by atoms with Gasteiger partial charge in [-0.05, 0) is 0 Å². The maximum atomic E-state index is 9.64. The van der Waals surface area contributed by atoms with E-state index in [2.05, 4.69) is 0 Å². The molecular formula is C10H19NO9. The molecule has 0 aromatic carbocycles. The summed E-state index contributed by atoms with van der Waals surface area (Å²) in [6.45, 7) is -0.470. The van der Waals surface area contributed by atoms with E-state index < -0.39 is 49.2 Å². The van der Waals surface area contributed by atoms with Crippen molar-refractivity contribution in [3.8, 4) is 0 Å². The summed E-state index contributed by atoms with van der Waals surface area (Å²) >= 11 is 0. The third kappa shape index (κ3) is 6.23. The average Bonchev–Trinajstić information content (AvgIpc) is 2.39. The first-order chi connectivity index (χ1) is 9.20. The van der Waals surface area contributed by atoms with E-state index in [-0.39, 0.29) is 12.8 Å². The molecular weight excluding hydrogens is 278 g/mol. The highest BCUT2D eigenvalue weighted by Gasteiger charge is 2.41. The topological polar surface area (TPSA) is 191 Å². The van der Waals surface area contributed by atoms with Crippen molar-refractivity contribution < 1.29 is 45.0 Å². The first-order valence-electron chi connectivity index (χ1n) is 5.70. The van der Waals surface area contributed by atoms with Gasteiger partial charge in [-0.15, -0.1) is 0 Å². The van der Waals surface area contributed by atoms with Crippen molar-refractivity contribution in [1.29, 1.82) is 0 Å². The van der Waals surface area contributed by atoms with Crippen LogP contribution >= 0.6 is 0 Å². The molecule has 1 fully saturated rings. The van der Waals surface area contributed by atoms with Crippen molar-refractivity contribution in [3.05, 3.63) is 0 Å². The largest absolute Gasteiger partial charge is 0.481 e. The van der Waals surface area contributed by atoms with Crippen LogP contribution in [0.1, 0.15) is 12.8 Å². The van der Waals surface area contributed by atoms with Gasteiger partial charge in [0.1, 0.15) is 18.3 Å². The molecule has 0 amide bonds. The van der Waals surface area contributed by atoms with Crippen LogP contribution in [0, 0.1) is 0 Å². The molecule has 1 aliphatic rings. The highest BCUT2D eigenvalue weighted by Crippen LogP contribution is 2.17. The molecule has 1 unspecified atom stereocenters. The van der Waals surface area contributed by atoms with Gasteiger partial charge in [0, 0.05) is 0 Å². The number of carboxylic acids is 2. The Morgan fingerprint density at radius 1 is 1.00 bits per heavy atom. The summed E-state index contributed by atoms with van der Waals surface area (Å²) in [6.07, 6.45) is -5.44. The third-order valence-electron chi connectivity index (χ3n) is 2.50. The Hall–Kier alpha value is -1.30. The number of hydrogen-bond donors (Lipinski definition) is 7. The highest BCUT2D eigenvalue weighted by molar-refractivity contribution is 5.75. The molecule has 20 heavy (non-hydrogen) atoms.